The molecule has 1 aliphatic heterocycles. The minimum atomic E-state index is 0. The maximum atomic E-state index is 5.66. The summed E-state index contributed by atoms with van der Waals surface area (Å²) in [7, 11) is 3.54. The molecule has 3 rings (SSSR count). The Bertz CT molecular complexity index is 688. The molecule has 2 heterocycles. The Morgan fingerprint density at radius 1 is 1.37 bits per heavy atom. The number of hydrogen-bond donors (Lipinski definition) is 2. The van der Waals surface area contributed by atoms with Crippen LogP contribution in [0.25, 0.3) is 11.0 Å². The van der Waals surface area contributed by atoms with E-state index in [9.17, 15) is 0 Å². The average Bonchev–Trinajstić information content (AvgIpc) is 3.29. The van der Waals surface area contributed by atoms with E-state index in [1.807, 2.05) is 25.2 Å². The van der Waals surface area contributed by atoms with Gasteiger partial charge in [0, 0.05) is 46.1 Å². The Morgan fingerprint density at radius 2 is 2.22 bits per heavy atom. The third-order valence-corrected chi connectivity index (χ3v) is 4.67. The van der Waals surface area contributed by atoms with Crippen molar-refractivity contribution in [1.29, 1.82) is 0 Å². The molecule has 150 valence electrons. The summed E-state index contributed by atoms with van der Waals surface area (Å²) < 4.78 is 10.7. The summed E-state index contributed by atoms with van der Waals surface area (Å²) in [6.45, 7) is 4.91. The van der Waals surface area contributed by atoms with Gasteiger partial charge in [-0.25, -0.2) is 4.98 Å². The number of aliphatic imine (C=N–C) groups is 1. The summed E-state index contributed by atoms with van der Waals surface area (Å²) in [5.41, 5.74) is 2.10. The van der Waals surface area contributed by atoms with Gasteiger partial charge in [0.25, 0.3) is 0 Å². The van der Waals surface area contributed by atoms with E-state index in [1.165, 1.54) is 0 Å². The Labute approximate surface area is 177 Å². The van der Waals surface area contributed by atoms with Crippen LogP contribution in [0, 0.1) is 5.92 Å². The minimum absolute atomic E-state index is 0. The maximum Gasteiger partial charge on any atom is 0.193 e. The lowest BCUT2D eigenvalue weighted by atomic mass is 10.1. The molecule has 0 amide bonds. The van der Waals surface area contributed by atoms with E-state index in [0.29, 0.717) is 19.1 Å². The van der Waals surface area contributed by atoms with Gasteiger partial charge in [-0.1, -0.05) is 12.1 Å². The first-order valence-corrected chi connectivity index (χ1v) is 9.26. The molecule has 27 heavy (non-hydrogen) atoms. The van der Waals surface area contributed by atoms with Gasteiger partial charge in [0.1, 0.15) is 5.82 Å². The average molecular weight is 487 g/mol. The van der Waals surface area contributed by atoms with Crippen molar-refractivity contribution in [3.8, 4) is 0 Å². The number of H-pyrrole nitrogens is 1. The number of para-hydroxylation sites is 2. The molecule has 1 saturated heterocycles. The number of nitrogens with one attached hydrogen (secondary N) is 2. The van der Waals surface area contributed by atoms with E-state index in [-0.39, 0.29) is 24.0 Å². The van der Waals surface area contributed by atoms with Crippen LogP contribution in [0.3, 0.4) is 0 Å². The van der Waals surface area contributed by atoms with Crippen molar-refractivity contribution in [3.05, 3.63) is 30.1 Å². The molecule has 0 spiro atoms. The fourth-order valence-electron chi connectivity index (χ4n) is 3.30. The van der Waals surface area contributed by atoms with Crippen LogP contribution in [0.1, 0.15) is 12.2 Å². The lowest BCUT2D eigenvalue weighted by Crippen LogP contribution is -2.41. The maximum absolute atomic E-state index is 5.66. The topological polar surface area (TPSA) is 74.8 Å². The SMILES string of the molecule is CN=C(NCCc1nc2ccccc2[nH]1)N1CCC(COCCOC)C1.I. The summed E-state index contributed by atoms with van der Waals surface area (Å²) in [6.07, 6.45) is 1.97. The molecule has 7 nitrogen and oxygen atoms in total. The molecule has 0 saturated carbocycles. The molecule has 1 fully saturated rings. The van der Waals surface area contributed by atoms with Crippen LogP contribution in [0.2, 0.25) is 0 Å². The number of imidazole rings is 1. The summed E-state index contributed by atoms with van der Waals surface area (Å²) in [4.78, 5) is 14.7. The highest BCUT2D eigenvalue weighted by atomic mass is 127. The van der Waals surface area contributed by atoms with Crippen LogP contribution < -0.4 is 5.32 Å². The molecule has 2 N–H and O–H groups in total. The second-order valence-corrected chi connectivity index (χ2v) is 6.59. The zero-order valence-corrected chi connectivity index (χ0v) is 18.4. The zero-order valence-electron chi connectivity index (χ0n) is 16.1. The molecule has 2 aromatic rings. The highest BCUT2D eigenvalue weighted by Gasteiger charge is 2.24. The lowest BCUT2D eigenvalue weighted by Gasteiger charge is -2.21. The molecule has 1 aromatic heterocycles. The summed E-state index contributed by atoms with van der Waals surface area (Å²) in [5.74, 6) is 2.52. The fourth-order valence-corrected chi connectivity index (χ4v) is 3.30. The lowest BCUT2D eigenvalue weighted by molar-refractivity contribution is 0.0536. The fraction of sp³-hybridized carbons (Fsp3) is 0.579. The van der Waals surface area contributed by atoms with Crippen molar-refractivity contribution in [1.82, 2.24) is 20.2 Å². The molecule has 1 unspecified atom stereocenters. The largest absolute Gasteiger partial charge is 0.382 e. The summed E-state index contributed by atoms with van der Waals surface area (Å²) >= 11 is 0. The van der Waals surface area contributed by atoms with Gasteiger partial charge in [-0.3, -0.25) is 4.99 Å². The van der Waals surface area contributed by atoms with Crippen molar-refractivity contribution in [2.45, 2.75) is 12.8 Å². The number of fused-ring (bicyclic) bond motifs is 1. The van der Waals surface area contributed by atoms with Crippen LogP contribution in [0.4, 0.5) is 0 Å². The molecule has 8 heteroatoms. The number of guanidine groups is 1. The molecular formula is C19H30IN5O2. The standard InChI is InChI=1S/C19H29N5O2.HI/c1-20-19(24-10-8-15(13-24)14-26-12-11-25-2)21-9-7-18-22-16-5-3-4-6-17(16)23-18;/h3-6,15H,7-14H2,1-2H3,(H,20,21)(H,22,23);1H. The highest BCUT2D eigenvalue weighted by molar-refractivity contribution is 14.0. The predicted molar refractivity (Wildman–Crippen MR) is 119 cm³/mol. The quantitative estimate of drug-likeness (QED) is 0.259. The monoisotopic (exact) mass is 487 g/mol. The number of nitrogens with zero attached hydrogens (tertiary/aromatic N) is 3. The first kappa shape index (κ1) is 21.9. The van der Waals surface area contributed by atoms with Crippen LogP contribution in [0.15, 0.2) is 29.3 Å². The van der Waals surface area contributed by atoms with E-state index in [1.54, 1.807) is 7.11 Å². The molecule has 0 aliphatic carbocycles. The number of halogens is 1. The Hall–Kier alpha value is -1.39. The van der Waals surface area contributed by atoms with Crippen molar-refractivity contribution < 1.29 is 9.47 Å². The second-order valence-electron chi connectivity index (χ2n) is 6.59. The number of rotatable bonds is 8. The van der Waals surface area contributed by atoms with E-state index < -0.39 is 0 Å². The van der Waals surface area contributed by atoms with Gasteiger partial charge in [0.2, 0.25) is 0 Å². The van der Waals surface area contributed by atoms with E-state index >= 15 is 0 Å². The number of hydrogen-bond acceptors (Lipinski definition) is 4. The highest BCUT2D eigenvalue weighted by Crippen LogP contribution is 2.16. The minimum Gasteiger partial charge on any atom is -0.382 e. The third kappa shape index (κ3) is 6.32. The van der Waals surface area contributed by atoms with E-state index in [0.717, 1.165) is 61.9 Å². The van der Waals surface area contributed by atoms with Gasteiger partial charge >= 0.3 is 0 Å². The number of likely N-dealkylation sites (tertiary alicyclic amines) is 1. The van der Waals surface area contributed by atoms with Gasteiger partial charge in [0.05, 0.1) is 30.9 Å². The van der Waals surface area contributed by atoms with Crippen LogP contribution in [-0.2, 0) is 15.9 Å². The van der Waals surface area contributed by atoms with Gasteiger partial charge in [0.15, 0.2) is 5.96 Å². The van der Waals surface area contributed by atoms with Crippen LogP contribution in [-0.4, -0.2) is 74.4 Å². The Balaban J connectivity index is 0.00000261. The van der Waals surface area contributed by atoms with Crippen molar-refractivity contribution in [3.63, 3.8) is 0 Å². The van der Waals surface area contributed by atoms with Crippen molar-refractivity contribution in [2.24, 2.45) is 10.9 Å². The van der Waals surface area contributed by atoms with Crippen molar-refractivity contribution >= 4 is 41.0 Å². The van der Waals surface area contributed by atoms with E-state index in [2.05, 4.69) is 31.2 Å². The number of benzene rings is 1. The summed E-state index contributed by atoms with van der Waals surface area (Å²) in [6, 6.07) is 8.11. The first-order valence-electron chi connectivity index (χ1n) is 9.26. The Kier molecular flexibility index (Phi) is 9.29. The molecule has 0 radical (unpaired) electrons. The van der Waals surface area contributed by atoms with Crippen molar-refractivity contribution in [2.75, 3.05) is 53.6 Å². The number of aromatic amines is 1. The normalized spacial score (nSPS) is 17.3. The zero-order chi connectivity index (χ0) is 18.2. The smallest absolute Gasteiger partial charge is 0.193 e. The van der Waals surface area contributed by atoms with Crippen LogP contribution >= 0.6 is 24.0 Å². The Morgan fingerprint density at radius 3 is 3.00 bits per heavy atom. The second kappa shape index (κ2) is 11.5. The molecule has 0 bridgehead atoms. The number of aromatic nitrogens is 2. The molecule has 1 atom stereocenters. The number of methoxy groups -OCH3 is 1. The molecule has 1 aromatic carbocycles. The third-order valence-electron chi connectivity index (χ3n) is 4.67. The number of ether oxygens (including phenoxy) is 2. The van der Waals surface area contributed by atoms with Gasteiger partial charge in [-0.2, -0.15) is 0 Å². The van der Waals surface area contributed by atoms with Gasteiger partial charge in [-0.05, 0) is 18.6 Å². The molecule has 1 aliphatic rings. The first-order chi connectivity index (χ1) is 12.8. The molecular weight excluding hydrogens is 457 g/mol. The predicted octanol–water partition coefficient (Wildman–Crippen LogP) is 2.28. The van der Waals surface area contributed by atoms with Crippen LogP contribution in [0.5, 0.6) is 0 Å². The van der Waals surface area contributed by atoms with Gasteiger partial charge < -0.3 is 24.7 Å². The van der Waals surface area contributed by atoms with E-state index in [4.69, 9.17) is 9.47 Å². The van der Waals surface area contributed by atoms with Gasteiger partial charge in [-0.15, -0.1) is 24.0 Å². The summed E-state index contributed by atoms with van der Waals surface area (Å²) in [5, 5.41) is 3.46.